The van der Waals surface area contributed by atoms with Crippen molar-refractivity contribution in [2.24, 2.45) is 0 Å². The van der Waals surface area contributed by atoms with Gasteiger partial charge >= 0.3 is 0 Å². The Bertz CT molecular complexity index is 487. The van der Waals surface area contributed by atoms with E-state index in [-0.39, 0.29) is 0 Å². The molecule has 0 aliphatic rings. The van der Waals surface area contributed by atoms with E-state index in [1.54, 1.807) is 0 Å². The van der Waals surface area contributed by atoms with E-state index in [0.29, 0.717) is 6.73 Å². The highest BCUT2D eigenvalue weighted by Gasteiger charge is 2.04. The summed E-state index contributed by atoms with van der Waals surface area (Å²) in [5.74, 6) is 1.15. The fourth-order valence-corrected chi connectivity index (χ4v) is 2.21. The van der Waals surface area contributed by atoms with Gasteiger partial charge in [-0.1, -0.05) is 0 Å². The lowest BCUT2D eigenvalue weighted by Crippen LogP contribution is -2.09. The molecule has 94 valence electrons. The van der Waals surface area contributed by atoms with E-state index in [0.717, 1.165) is 23.4 Å². The van der Waals surface area contributed by atoms with Crippen LogP contribution in [0, 0.1) is 0 Å². The molecule has 3 nitrogen and oxygen atoms in total. The van der Waals surface area contributed by atoms with Gasteiger partial charge < -0.3 is 9.30 Å². The van der Waals surface area contributed by atoms with Crippen molar-refractivity contribution in [2.45, 2.75) is 6.73 Å². The maximum absolute atomic E-state index is 5.71. The Kier molecular flexibility index (Phi) is 3.74. The second-order valence-electron chi connectivity index (χ2n) is 5.03. The second-order valence-corrected chi connectivity index (χ2v) is 9.62. The number of aromatic nitrogens is 2. The Morgan fingerprint density at radius 2 is 2.12 bits per heavy atom. The van der Waals surface area contributed by atoms with Gasteiger partial charge in [-0.05, 0) is 37.0 Å². The van der Waals surface area contributed by atoms with Crippen molar-refractivity contribution in [3.05, 3.63) is 30.6 Å². The van der Waals surface area contributed by atoms with Crippen molar-refractivity contribution in [1.29, 1.82) is 0 Å². The monoisotopic (exact) mass is 252 g/mol. The summed E-state index contributed by atoms with van der Waals surface area (Å²) >= 11 is 0. The minimum atomic E-state index is -0.458. The molecule has 0 amide bonds. The molecule has 0 unspecified atom stereocenters. The number of rotatable bonds is 5. The Labute approximate surface area is 104 Å². The van der Waals surface area contributed by atoms with E-state index in [4.69, 9.17) is 4.74 Å². The Hall–Kier alpha value is -1.00. The van der Waals surface area contributed by atoms with Gasteiger partial charge in [0.25, 0.3) is 0 Å². The van der Waals surface area contributed by atoms with Crippen LogP contribution in [0.15, 0.2) is 30.6 Å². The highest BCUT2D eigenvalue weighted by Crippen LogP contribution is 2.33. The molecule has 0 N–H and O–H groups in total. The molecular weight excluding hydrogens is 232 g/mol. The zero-order chi connectivity index (χ0) is 12.3. The number of hydrogen-bond donors (Lipinski definition) is 0. The third-order valence-electron chi connectivity index (χ3n) is 2.59. The van der Waals surface area contributed by atoms with E-state index in [1.807, 2.05) is 23.0 Å². The summed E-state index contributed by atoms with van der Waals surface area (Å²) in [6.07, 6.45) is 10.8. The molecule has 0 fully saturated rings. The standard InChI is InChI=1S/C13H20N2OS/c1-17(2,3)10-9-16-11-15-8-6-12-5-4-7-14-13(12)15/h4-8H,9-11H2,1-3H3. The lowest BCUT2D eigenvalue weighted by Gasteiger charge is -2.24. The van der Waals surface area contributed by atoms with Gasteiger partial charge in [0.2, 0.25) is 0 Å². The summed E-state index contributed by atoms with van der Waals surface area (Å²) in [7, 11) is -0.458. The van der Waals surface area contributed by atoms with E-state index in [1.165, 1.54) is 0 Å². The van der Waals surface area contributed by atoms with Crippen LogP contribution in [0.1, 0.15) is 0 Å². The number of fused-ring (bicyclic) bond motifs is 1. The zero-order valence-corrected chi connectivity index (χ0v) is 11.5. The molecule has 0 radical (unpaired) electrons. The zero-order valence-electron chi connectivity index (χ0n) is 10.7. The van der Waals surface area contributed by atoms with E-state index >= 15 is 0 Å². The van der Waals surface area contributed by atoms with Crippen LogP contribution in [-0.4, -0.2) is 40.7 Å². The maximum Gasteiger partial charge on any atom is 0.141 e. The smallest absolute Gasteiger partial charge is 0.141 e. The van der Waals surface area contributed by atoms with Gasteiger partial charge in [0.05, 0.1) is 6.61 Å². The predicted octanol–water partition coefficient (Wildman–Crippen LogP) is 2.70. The van der Waals surface area contributed by atoms with E-state index < -0.39 is 10.0 Å². The van der Waals surface area contributed by atoms with Gasteiger partial charge in [-0.25, -0.2) is 15.0 Å². The lowest BCUT2D eigenvalue weighted by atomic mass is 10.3. The largest absolute Gasteiger partial charge is 0.360 e. The molecule has 2 rings (SSSR count). The third kappa shape index (κ3) is 3.48. The van der Waals surface area contributed by atoms with Crippen molar-refractivity contribution < 1.29 is 4.74 Å². The summed E-state index contributed by atoms with van der Waals surface area (Å²) in [5, 5.41) is 1.16. The van der Waals surface area contributed by atoms with Crippen LogP contribution in [-0.2, 0) is 11.5 Å². The Balaban J connectivity index is 1.91. The molecule has 4 heteroatoms. The molecule has 17 heavy (non-hydrogen) atoms. The first-order chi connectivity index (χ1) is 8.06. The van der Waals surface area contributed by atoms with Crippen LogP contribution < -0.4 is 0 Å². The molecule has 2 heterocycles. The van der Waals surface area contributed by atoms with Gasteiger partial charge in [0.1, 0.15) is 12.4 Å². The highest BCUT2D eigenvalue weighted by molar-refractivity contribution is 8.32. The summed E-state index contributed by atoms with van der Waals surface area (Å²) < 4.78 is 7.75. The molecular formula is C13H20N2OS. The predicted molar refractivity (Wildman–Crippen MR) is 75.9 cm³/mol. The first-order valence-corrected chi connectivity index (χ1v) is 8.72. The lowest BCUT2D eigenvalue weighted by molar-refractivity contribution is 0.0924. The summed E-state index contributed by atoms with van der Waals surface area (Å²) in [5.41, 5.74) is 0.996. The van der Waals surface area contributed by atoms with Crippen molar-refractivity contribution in [2.75, 3.05) is 31.1 Å². The molecule has 0 saturated carbocycles. The number of pyridine rings is 1. The summed E-state index contributed by atoms with van der Waals surface area (Å²) in [6, 6.07) is 6.09. The molecule has 0 aromatic carbocycles. The average Bonchev–Trinajstić information content (AvgIpc) is 2.67. The van der Waals surface area contributed by atoms with Gasteiger partial charge in [-0.2, -0.15) is 0 Å². The highest BCUT2D eigenvalue weighted by atomic mass is 32.3. The van der Waals surface area contributed by atoms with Crippen molar-refractivity contribution in [3.8, 4) is 0 Å². The van der Waals surface area contributed by atoms with Crippen LogP contribution in [0.5, 0.6) is 0 Å². The maximum atomic E-state index is 5.71. The quantitative estimate of drug-likeness (QED) is 0.765. The normalized spacial score (nSPS) is 13.1. The minimum Gasteiger partial charge on any atom is -0.360 e. The van der Waals surface area contributed by atoms with Crippen LogP contribution in [0.25, 0.3) is 11.0 Å². The molecule has 0 bridgehead atoms. The first kappa shape index (κ1) is 12.5. The van der Waals surface area contributed by atoms with Crippen LogP contribution in [0.2, 0.25) is 0 Å². The third-order valence-corrected chi connectivity index (χ3v) is 3.98. The fourth-order valence-electron chi connectivity index (χ4n) is 1.60. The molecule has 0 spiro atoms. The molecule has 0 aliphatic heterocycles. The number of nitrogens with zero attached hydrogens (tertiary/aromatic N) is 2. The van der Waals surface area contributed by atoms with Crippen LogP contribution in [0.4, 0.5) is 0 Å². The topological polar surface area (TPSA) is 27.1 Å². The van der Waals surface area contributed by atoms with Gasteiger partial charge in [0, 0.05) is 23.5 Å². The van der Waals surface area contributed by atoms with Gasteiger partial charge in [0.15, 0.2) is 0 Å². The van der Waals surface area contributed by atoms with Crippen LogP contribution >= 0.6 is 10.0 Å². The molecule has 0 saturated heterocycles. The molecule has 0 aliphatic carbocycles. The van der Waals surface area contributed by atoms with E-state index in [2.05, 4.69) is 35.9 Å². The SMILES string of the molecule is CS(C)(C)CCOCn1ccc2cccnc21. The summed E-state index contributed by atoms with van der Waals surface area (Å²) in [6.45, 7) is 1.42. The Morgan fingerprint density at radius 3 is 2.88 bits per heavy atom. The van der Waals surface area contributed by atoms with Gasteiger partial charge in [-0.3, -0.25) is 0 Å². The molecule has 0 atom stereocenters. The first-order valence-electron chi connectivity index (χ1n) is 5.70. The molecule has 2 aromatic rings. The second kappa shape index (κ2) is 5.10. The Morgan fingerprint density at radius 1 is 1.29 bits per heavy atom. The van der Waals surface area contributed by atoms with Crippen molar-refractivity contribution in [1.82, 2.24) is 9.55 Å². The molecule has 2 aromatic heterocycles. The van der Waals surface area contributed by atoms with Crippen molar-refractivity contribution in [3.63, 3.8) is 0 Å². The van der Waals surface area contributed by atoms with Crippen molar-refractivity contribution >= 4 is 21.1 Å². The number of ether oxygens (including phenoxy) is 1. The summed E-state index contributed by atoms with van der Waals surface area (Å²) in [4.78, 5) is 4.36. The van der Waals surface area contributed by atoms with Crippen LogP contribution in [0.3, 0.4) is 0 Å². The fraction of sp³-hybridized carbons (Fsp3) is 0.462. The minimum absolute atomic E-state index is 0.458. The average molecular weight is 252 g/mol. The van der Waals surface area contributed by atoms with Gasteiger partial charge in [-0.15, -0.1) is 0 Å². The number of hydrogen-bond acceptors (Lipinski definition) is 2. The van der Waals surface area contributed by atoms with E-state index in [9.17, 15) is 0 Å².